The van der Waals surface area contributed by atoms with Gasteiger partial charge in [-0.1, -0.05) is 30.7 Å². The van der Waals surface area contributed by atoms with Crippen molar-refractivity contribution in [2.24, 2.45) is 0 Å². The van der Waals surface area contributed by atoms with E-state index in [9.17, 15) is 9.59 Å². The second-order valence-corrected chi connectivity index (χ2v) is 8.30. The van der Waals surface area contributed by atoms with Crippen LogP contribution in [0.1, 0.15) is 28.7 Å². The first kappa shape index (κ1) is 20.8. The van der Waals surface area contributed by atoms with Crippen molar-refractivity contribution in [1.29, 1.82) is 0 Å². The van der Waals surface area contributed by atoms with E-state index in [1.54, 1.807) is 0 Å². The van der Waals surface area contributed by atoms with Crippen LogP contribution in [-0.2, 0) is 4.79 Å². The second-order valence-electron chi connectivity index (χ2n) is 6.86. The minimum absolute atomic E-state index is 0.0124. The molecular weight excluding hydrogens is 396 g/mol. The van der Waals surface area contributed by atoms with Gasteiger partial charge in [-0.25, -0.2) is 4.98 Å². The Hall–Kier alpha value is -1.96. The Bertz CT molecular complexity index is 846. The van der Waals surface area contributed by atoms with Gasteiger partial charge in [0.1, 0.15) is 9.88 Å². The second kappa shape index (κ2) is 9.49. The van der Waals surface area contributed by atoms with Crippen molar-refractivity contribution in [2.45, 2.75) is 20.3 Å². The lowest BCUT2D eigenvalue weighted by Crippen LogP contribution is -2.51. The van der Waals surface area contributed by atoms with Gasteiger partial charge in [-0.05, 0) is 25.5 Å². The van der Waals surface area contributed by atoms with E-state index in [1.165, 1.54) is 11.3 Å². The van der Waals surface area contributed by atoms with Gasteiger partial charge in [0.05, 0.1) is 12.2 Å². The van der Waals surface area contributed by atoms with E-state index in [4.69, 9.17) is 11.6 Å². The number of nitrogens with one attached hydrogen (secondary N) is 1. The molecular formula is C20H25ClN4O2S. The molecule has 2 heterocycles. The van der Waals surface area contributed by atoms with Gasteiger partial charge in [0.15, 0.2) is 0 Å². The Morgan fingerprint density at radius 1 is 1.25 bits per heavy atom. The van der Waals surface area contributed by atoms with Crippen molar-refractivity contribution < 1.29 is 9.59 Å². The number of hydrogen-bond acceptors (Lipinski definition) is 5. The highest BCUT2D eigenvalue weighted by Crippen LogP contribution is 2.30. The van der Waals surface area contributed by atoms with E-state index in [1.807, 2.05) is 43.0 Å². The van der Waals surface area contributed by atoms with Crippen molar-refractivity contribution in [3.05, 3.63) is 39.9 Å². The zero-order chi connectivity index (χ0) is 20.1. The van der Waals surface area contributed by atoms with Crippen LogP contribution in [0.4, 0.5) is 0 Å². The maximum absolute atomic E-state index is 13.0. The monoisotopic (exact) mass is 420 g/mol. The van der Waals surface area contributed by atoms with Gasteiger partial charge in [-0.15, -0.1) is 11.3 Å². The number of carbonyl (C=O) groups excluding carboxylic acids is 2. The van der Waals surface area contributed by atoms with Crippen LogP contribution in [0.25, 0.3) is 10.6 Å². The molecule has 1 aromatic carbocycles. The molecule has 0 atom stereocenters. The zero-order valence-electron chi connectivity index (χ0n) is 16.2. The summed E-state index contributed by atoms with van der Waals surface area (Å²) in [5, 5.41) is 4.34. The molecule has 1 aliphatic heterocycles. The number of hydrogen-bond donors (Lipinski definition) is 1. The Kier molecular flexibility index (Phi) is 7.04. The third kappa shape index (κ3) is 5.10. The van der Waals surface area contributed by atoms with E-state index in [0.717, 1.165) is 22.7 Å². The Morgan fingerprint density at radius 3 is 2.68 bits per heavy atom. The lowest BCUT2D eigenvalue weighted by molar-refractivity contribution is -0.122. The summed E-state index contributed by atoms with van der Waals surface area (Å²) in [7, 11) is 0. The molecule has 2 aromatic rings. The van der Waals surface area contributed by atoms with Crippen molar-refractivity contribution in [1.82, 2.24) is 20.1 Å². The van der Waals surface area contributed by atoms with Gasteiger partial charge in [-0.2, -0.15) is 0 Å². The maximum Gasteiger partial charge on any atom is 0.265 e. The number of aromatic nitrogens is 1. The minimum atomic E-state index is 0.0124. The lowest BCUT2D eigenvalue weighted by Gasteiger charge is -2.34. The highest BCUT2D eigenvalue weighted by atomic mass is 35.5. The van der Waals surface area contributed by atoms with Crippen LogP contribution in [0.5, 0.6) is 0 Å². The molecule has 150 valence electrons. The summed E-state index contributed by atoms with van der Waals surface area (Å²) in [6, 6.07) is 7.50. The fourth-order valence-electron chi connectivity index (χ4n) is 3.12. The molecule has 3 rings (SSSR count). The molecule has 28 heavy (non-hydrogen) atoms. The summed E-state index contributed by atoms with van der Waals surface area (Å²) in [6.45, 7) is 7.62. The maximum atomic E-state index is 13.0. The first-order chi connectivity index (χ1) is 13.5. The number of amides is 2. The lowest BCUT2D eigenvalue weighted by atomic mass is 10.2. The van der Waals surface area contributed by atoms with Gasteiger partial charge in [0.2, 0.25) is 5.91 Å². The smallest absolute Gasteiger partial charge is 0.265 e. The number of nitrogens with zero attached hydrogens (tertiary/aromatic N) is 3. The molecule has 1 N–H and O–H groups in total. The Balaban J connectivity index is 1.60. The number of benzene rings is 1. The molecule has 0 spiro atoms. The largest absolute Gasteiger partial charge is 0.355 e. The fourth-order valence-corrected chi connectivity index (χ4v) is 4.34. The highest BCUT2D eigenvalue weighted by Gasteiger charge is 2.26. The van der Waals surface area contributed by atoms with Gasteiger partial charge in [-0.3, -0.25) is 14.5 Å². The molecule has 0 radical (unpaired) electrons. The number of rotatable bonds is 6. The average Bonchev–Trinajstić information content (AvgIpc) is 3.08. The van der Waals surface area contributed by atoms with Gasteiger partial charge >= 0.3 is 0 Å². The molecule has 2 amide bonds. The fraction of sp³-hybridized carbons (Fsp3) is 0.450. The topological polar surface area (TPSA) is 65.5 Å². The Morgan fingerprint density at radius 2 is 2.00 bits per heavy atom. The molecule has 1 fully saturated rings. The standard InChI is InChI=1S/C20H25ClN4O2S/c1-3-7-22-17(26)13-24-8-10-25(11-9-24)20(27)18-14(2)23-19(28-18)15-5-4-6-16(21)12-15/h4-6,12H,3,7-11,13H2,1-2H3,(H,22,26). The number of halogens is 1. The molecule has 0 bridgehead atoms. The summed E-state index contributed by atoms with van der Waals surface area (Å²) >= 11 is 7.48. The predicted octanol–water partition coefficient (Wildman–Crippen LogP) is 3.06. The van der Waals surface area contributed by atoms with Crippen LogP contribution in [0.15, 0.2) is 24.3 Å². The number of piperazine rings is 1. The van der Waals surface area contributed by atoms with Crippen LogP contribution in [0, 0.1) is 6.92 Å². The normalized spacial score (nSPS) is 14.9. The molecule has 0 saturated carbocycles. The average molecular weight is 421 g/mol. The van der Waals surface area contributed by atoms with Crippen molar-refractivity contribution in [2.75, 3.05) is 39.3 Å². The molecule has 1 saturated heterocycles. The third-order valence-corrected chi connectivity index (χ3v) is 6.09. The summed E-state index contributed by atoms with van der Waals surface area (Å²) < 4.78 is 0. The summed E-state index contributed by atoms with van der Waals surface area (Å²) in [5.41, 5.74) is 1.66. The van der Waals surface area contributed by atoms with E-state index < -0.39 is 0 Å². The first-order valence-corrected chi connectivity index (χ1v) is 10.7. The van der Waals surface area contributed by atoms with E-state index in [-0.39, 0.29) is 11.8 Å². The van der Waals surface area contributed by atoms with E-state index in [0.29, 0.717) is 49.2 Å². The molecule has 0 aliphatic carbocycles. The van der Waals surface area contributed by atoms with Gasteiger partial charge < -0.3 is 10.2 Å². The minimum Gasteiger partial charge on any atom is -0.355 e. The molecule has 6 nitrogen and oxygen atoms in total. The summed E-state index contributed by atoms with van der Waals surface area (Å²) in [4.78, 5) is 34.0. The van der Waals surface area contributed by atoms with Crippen LogP contribution in [-0.4, -0.2) is 65.9 Å². The summed E-state index contributed by atoms with van der Waals surface area (Å²) in [6.07, 6.45) is 0.930. The Labute approximate surface area is 174 Å². The van der Waals surface area contributed by atoms with E-state index >= 15 is 0 Å². The quantitative estimate of drug-likeness (QED) is 0.780. The third-order valence-electron chi connectivity index (χ3n) is 4.66. The van der Waals surface area contributed by atoms with Gasteiger partial charge in [0, 0.05) is 43.3 Å². The van der Waals surface area contributed by atoms with Crippen molar-refractivity contribution in [3.63, 3.8) is 0 Å². The zero-order valence-corrected chi connectivity index (χ0v) is 17.8. The summed E-state index contributed by atoms with van der Waals surface area (Å²) in [5.74, 6) is 0.0597. The molecule has 8 heteroatoms. The molecule has 0 unspecified atom stereocenters. The van der Waals surface area contributed by atoms with Crippen LogP contribution in [0.3, 0.4) is 0 Å². The number of carbonyl (C=O) groups is 2. The number of aryl methyl sites for hydroxylation is 1. The highest BCUT2D eigenvalue weighted by molar-refractivity contribution is 7.17. The van der Waals surface area contributed by atoms with Crippen molar-refractivity contribution in [3.8, 4) is 10.6 Å². The molecule has 1 aromatic heterocycles. The van der Waals surface area contributed by atoms with Crippen LogP contribution < -0.4 is 5.32 Å². The van der Waals surface area contributed by atoms with Crippen LogP contribution in [0.2, 0.25) is 5.02 Å². The van der Waals surface area contributed by atoms with Gasteiger partial charge in [0.25, 0.3) is 5.91 Å². The van der Waals surface area contributed by atoms with Crippen LogP contribution >= 0.6 is 22.9 Å². The van der Waals surface area contributed by atoms with Crippen molar-refractivity contribution >= 4 is 34.8 Å². The number of thiazole rings is 1. The SMILES string of the molecule is CCCNC(=O)CN1CCN(C(=O)c2sc(-c3cccc(Cl)c3)nc2C)CC1. The first-order valence-electron chi connectivity index (χ1n) is 9.49. The molecule has 1 aliphatic rings. The van der Waals surface area contributed by atoms with E-state index in [2.05, 4.69) is 15.2 Å². The predicted molar refractivity (Wildman–Crippen MR) is 113 cm³/mol.